The fraction of sp³-hybridized carbons (Fsp3) is 0.200. The van der Waals surface area contributed by atoms with Crippen LogP contribution in [-0.2, 0) is 0 Å². The van der Waals surface area contributed by atoms with E-state index in [9.17, 15) is 0 Å². The molecule has 0 aromatic heterocycles. The summed E-state index contributed by atoms with van der Waals surface area (Å²) in [6.07, 6.45) is 0. The molecule has 4 nitrogen and oxygen atoms in total. The van der Waals surface area contributed by atoms with Crippen LogP contribution in [-0.4, -0.2) is 26.4 Å². The molecule has 0 bridgehead atoms. The average molecular weight is 262 g/mol. The minimum atomic E-state index is 0.322. The number of hydrogen-bond donors (Lipinski definition) is 1. The van der Waals surface area contributed by atoms with E-state index in [2.05, 4.69) is 0 Å². The number of rotatable bonds is 3. The Balaban J connectivity index is 0.000000218. The number of methoxy groups -OCH3 is 3. The molecule has 2 rings (SSSR count). The third-order valence-electron chi connectivity index (χ3n) is 2.34. The number of hydrogen-bond acceptors (Lipinski definition) is 4. The van der Waals surface area contributed by atoms with E-state index < -0.39 is 0 Å². The summed E-state index contributed by atoms with van der Waals surface area (Å²) in [4.78, 5) is 0. The number of para-hydroxylation sites is 2. The van der Waals surface area contributed by atoms with Crippen LogP contribution < -0.4 is 14.2 Å². The van der Waals surface area contributed by atoms with Crippen LogP contribution in [0, 0.1) is 0 Å². The third-order valence-corrected chi connectivity index (χ3v) is 2.34. The lowest BCUT2D eigenvalue weighted by atomic mass is 10.3. The van der Waals surface area contributed by atoms with E-state index in [1.807, 2.05) is 24.3 Å². The third kappa shape index (κ3) is 4.43. The van der Waals surface area contributed by atoms with Crippen molar-refractivity contribution in [3.05, 3.63) is 48.5 Å². The van der Waals surface area contributed by atoms with Crippen LogP contribution in [0.4, 0.5) is 0 Å². The van der Waals surface area contributed by atoms with Crippen LogP contribution in [0.3, 0.4) is 0 Å². The molecular formula is C15H18O4. The van der Waals surface area contributed by atoms with Crippen molar-refractivity contribution in [2.75, 3.05) is 21.3 Å². The first kappa shape index (κ1) is 14.7. The summed E-state index contributed by atoms with van der Waals surface area (Å²) < 4.78 is 15.3. The molecule has 0 amide bonds. The highest BCUT2D eigenvalue weighted by Crippen LogP contribution is 2.35. The molecule has 102 valence electrons. The zero-order valence-electron chi connectivity index (χ0n) is 11.3. The van der Waals surface area contributed by atoms with Crippen molar-refractivity contribution < 1.29 is 19.3 Å². The van der Waals surface area contributed by atoms with Gasteiger partial charge in [0.25, 0.3) is 0 Å². The average Bonchev–Trinajstić information content (AvgIpc) is 2.47. The molecule has 0 saturated carbocycles. The second-order valence-corrected chi connectivity index (χ2v) is 3.53. The van der Waals surface area contributed by atoms with Crippen LogP contribution in [0.1, 0.15) is 0 Å². The smallest absolute Gasteiger partial charge is 0.203 e. The van der Waals surface area contributed by atoms with Gasteiger partial charge in [-0.25, -0.2) is 0 Å². The van der Waals surface area contributed by atoms with E-state index in [1.54, 1.807) is 45.6 Å². The van der Waals surface area contributed by atoms with E-state index in [-0.39, 0.29) is 0 Å². The van der Waals surface area contributed by atoms with Crippen LogP contribution in [0.25, 0.3) is 0 Å². The Morgan fingerprint density at radius 3 is 1.53 bits per heavy atom. The molecule has 0 heterocycles. The van der Waals surface area contributed by atoms with Crippen LogP contribution in [0.15, 0.2) is 48.5 Å². The molecule has 0 unspecified atom stereocenters. The van der Waals surface area contributed by atoms with Gasteiger partial charge in [0.1, 0.15) is 5.75 Å². The van der Waals surface area contributed by atoms with Crippen molar-refractivity contribution in [1.29, 1.82) is 0 Å². The first-order valence-corrected chi connectivity index (χ1v) is 5.72. The summed E-state index contributed by atoms with van der Waals surface area (Å²) in [5, 5.41) is 8.63. The van der Waals surface area contributed by atoms with Gasteiger partial charge in [-0.2, -0.15) is 0 Å². The van der Waals surface area contributed by atoms with Crippen LogP contribution in [0.5, 0.6) is 23.0 Å². The van der Waals surface area contributed by atoms with E-state index in [1.165, 1.54) is 0 Å². The minimum absolute atomic E-state index is 0.322. The van der Waals surface area contributed by atoms with Gasteiger partial charge in [-0.05, 0) is 24.3 Å². The Labute approximate surface area is 113 Å². The van der Waals surface area contributed by atoms with Gasteiger partial charge in [-0.3, -0.25) is 0 Å². The van der Waals surface area contributed by atoms with E-state index >= 15 is 0 Å². The molecule has 0 radical (unpaired) electrons. The molecule has 0 spiro atoms. The summed E-state index contributed by atoms with van der Waals surface area (Å²) in [6.45, 7) is 0. The van der Waals surface area contributed by atoms with Crippen molar-refractivity contribution in [3.8, 4) is 23.0 Å². The molecule has 4 heteroatoms. The largest absolute Gasteiger partial charge is 0.508 e. The predicted octanol–water partition coefficient (Wildman–Crippen LogP) is 3.10. The molecule has 0 saturated heterocycles. The highest BCUT2D eigenvalue weighted by molar-refractivity contribution is 5.50. The molecule has 0 aliphatic carbocycles. The number of phenolic OH excluding ortho intramolecular Hbond substituents is 1. The quantitative estimate of drug-likeness (QED) is 0.923. The van der Waals surface area contributed by atoms with E-state index in [0.29, 0.717) is 23.0 Å². The van der Waals surface area contributed by atoms with Gasteiger partial charge in [0, 0.05) is 0 Å². The van der Waals surface area contributed by atoms with Gasteiger partial charge in [0.2, 0.25) is 5.75 Å². The zero-order valence-corrected chi connectivity index (χ0v) is 11.3. The Morgan fingerprint density at radius 1 is 0.684 bits per heavy atom. The fourth-order valence-electron chi connectivity index (χ4n) is 1.45. The van der Waals surface area contributed by atoms with Gasteiger partial charge in [-0.1, -0.05) is 24.3 Å². The summed E-state index contributed by atoms with van der Waals surface area (Å²) in [7, 11) is 4.77. The topological polar surface area (TPSA) is 47.9 Å². The van der Waals surface area contributed by atoms with Crippen molar-refractivity contribution in [1.82, 2.24) is 0 Å². The second kappa shape index (κ2) is 7.87. The molecular weight excluding hydrogens is 244 g/mol. The standard InChI is InChI=1S/C9H12O3.C6H6O/c1-10-7-5-4-6-8(11-2)9(7)12-3;7-6-4-2-1-3-5-6/h4-6H,1-3H3;1-5,7H. The Hall–Kier alpha value is -2.36. The van der Waals surface area contributed by atoms with Gasteiger partial charge in [-0.15, -0.1) is 0 Å². The molecule has 19 heavy (non-hydrogen) atoms. The summed E-state index contributed by atoms with van der Waals surface area (Å²) in [6, 6.07) is 14.2. The molecule has 0 fully saturated rings. The van der Waals surface area contributed by atoms with Gasteiger partial charge in [0.05, 0.1) is 21.3 Å². The molecule has 0 aliphatic heterocycles. The lowest BCUT2D eigenvalue weighted by Gasteiger charge is -2.10. The lowest BCUT2D eigenvalue weighted by molar-refractivity contribution is 0.324. The second-order valence-electron chi connectivity index (χ2n) is 3.53. The maximum atomic E-state index is 8.63. The first-order chi connectivity index (χ1) is 9.22. The van der Waals surface area contributed by atoms with Crippen LogP contribution >= 0.6 is 0 Å². The van der Waals surface area contributed by atoms with Crippen molar-refractivity contribution in [3.63, 3.8) is 0 Å². The molecule has 0 aliphatic rings. The molecule has 0 atom stereocenters. The minimum Gasteiger partial charge on any atom is -0.508 e. The highest BCUT2D eigenvalue weighted by Gasteiger charge is 2.08. The summed E-state index contributed by atoms with van der Waals surface area (Å²) in [5.41, 5.74) is 0. The monoisotopic (exact) mass is 262 g/mol. The van der Waals surface area contributed by atoms with Crippen molar-refractivity contribution in [2.24, 2.45) is 0 Å². The summed E-state index contributed by atoms with van der Waals surface area (Å²) in [5.74, 6) is 2.30. The number of ether oxygens (including phenoxy) is 3. The summed E-state index contributed by atoms with van der Waals surface area (Å²) >= 11 is 0. The molecule has 2 aromatic rings. The van der Waals surface area contributed by atoms with Crippen molar-refractivity contribution in [2.45, 2.75) is 0 Å². The van der Waals surface area contributed by atoms with E-state index in [0.717, 1.165) is 0 Å². The van der Waals surface area contributed by atoms with Crippen molar-refractivity contribution >= 4 is 0 Å². The van der Waals surface area contributed by atoms with Gasteiger partial charge < -0.3 is 19.3 Å². The first-order valence-electron chi connectivity index (χ1n) is 5.72. The van der Waals surface area contributed by atoms with E-state index in [4.69, 9.17) is 19.3 Å². The lowest BCUT2D eigenvalue weighted by Crippen LogP contribution is -1.93. The number of benzene rings is 2. The highest BCUT2D eigenvalue weighted by atomic mass is 16.5. The van der Waals surface area contributed by atoms with Gasteiger partial charge in [0.15, 0.2) is 11.5 Å². The normalized spacial score (nSPS) is 9.00. The maximum absolute atomic E-state index is 8.63. The zero-order chi connectivity index (χ0) is 14.1. The Kier molecular flexibility index (Phi) is 6.09. The predicted molar refractivity (Wildman–Crippen MR) is 74.2 cm³/mol. The Bertz CT molecular complexity index is 461. The number of phenols is 1. The molecule has 1 N–H and O–H groups in total. The SMILES string of the molecule is COc1cccc(OC)c1OC.Oc1ccccc1. The number of aromatic hydroxyl groups is 1. The Morgan fingerprint density at radius 2 is 1.21 bits per heavy atom. The maximum Gasteiger partial charge on any atom is 0.203 e. The molecule has 2 aromatic carbocycles. The van der Waals surface area contributed by atoms with Gasteiger partial charge >= 0.3 is 0 Å². The van der Waals surface area contributed by atoms with Crippen LogP contribution in [0.2, 0.25) is 0 Å². The fourth-order valence-corrected chi connectivity index (χ4v) is 1.45.